The molecule has 19 heavy (non-hydrogen) atoms. The highest BCUT2D eigenvalue weighted by Gasteiger charge is 2.18. The maximum absolute atomic E-state index is 11.5. The zero-order chi connectivity index (χ0) is 14.7. The molecular formula is C14H28N2O3. The van der Waals surface area contributed by atoms with E-state index in [1.165, 1.54) is 0 Å². The minimum atomic E-state index is -0.969. The van der Waals surface area contributed by atoms with E-state index < -0.39 is 12.0 Å². The molecule has 0 unspecified atom stereocenters. The lowest BCUT2D eigenvalue weighted by molar-refractivity contribution is -0.139. The number of carboxylic acids is 1. The van der Waals surface area contributed by atoms with Crippen LogP contribution in [0.5, 0.6) is 0 Å². The molecule has 1 atom stereocenters. The van der Waals surface area contributed by atoms with Crippen molar-refractivity contribution in [3.05, 3.63) is 0 Å². The molecule has 0 saturated heterocycles. The summed E-state index contributed by atoms with van der Waals surface area (Å²) in [6.07, 6.45) is 5.35. The third-order valence-electron chi connectivity index (χ3n) is 2.94. The van der Waals surface area contributed by atoms with Crippen LogP contribution in [0.4, 0.5) is 4.79 Å². The lowest BCUT2D eigenvalue weighted by atomic mass is 10.1. The topological polar surface area (TPSA) is 78.4 Å². The van der Waals surface area contributed by atoms with Gasteiger partial charge < -0.3 is 15.7 Å². The molecule has 0 aromatic heterocycles. The molecule has 5 nitrogen and oxygen atoms in total. The number of carbonyl (C=O) groups is 2. The van der Waals surface area contributed by atoms with Crippen molar-refractivity contribution in [1.82, 2.24) is 10.6 Å². The first kappa shape index (κ1) is 17.7. The zero-order valence-electron chi connectivity index (χ0n) is 12.4. The summed E-state index contributed by atoms with van der Waals surface area (Å²) >= 11 is 0. The molecule has 3 N–H and O–H groups in total. The van der Waals surface area contributed by atoms with Crippen molar-refractivity contribution < 1.29 is 14.7 Å². The Morgan fingerprint density at radius 3 is 2.32 bits per heavy atom. The first-order valence-electron chi connectivity index (χ1n) is 7.24. The molecule has 0 fully saturated rings. The number of carboxylic acid groups (broad SMARTS) is 1. The van der Waals surface area contributed by atoms with Gasteiger partial charge in [-0.1, -0.05) is 46.5 Å². The highest BCUT2D eigenvalue weighted by atomic mass is 16.4. The normalized spacial score (nSPS) is 12.2. The van der Waals surface area contributed by atoms with Gasteiger partial charge in [-0.3, -0.25) is 0 Å². The number of unbranched alkanes of at least 4 members (excludes halogenated alkanes) is 2. The maximum atomic E-state index is 11.5. The summed E-state index contributed by atoms with van der Waals surface area (Å²) in [5, 5.41) is 14.2. The third-order valence-corrected chi connectivity index (χ3v) is 2.94. The molecule has 0 aliphatic carbocycles. The van der Waals surface area contributed by atoms with Crippen LogP contribution in [0.2, 0.25) is 0 Å². The van der Waals surface area contributed by atoms with Crippen LogP contribution in [0, 0.1) is 5.92 Å². The van der Waals surface area contributed by atoms with Crippen LogP contribution in [0.1, 0.15) is 59.3 Å². The smallest absolute Gasteiger partial charge is 0.326 e. The predicted molar refractivity (Wildman–Crippen MR) is 76.2 cm³/mol. The molecule has 0 radical (unpaired) electrons. The fourth-order valence-corrected chi connectivity index (χ4v) is 1.75. The number of aliphatic carboxylic acids is 1. The molecule has 0 rings (SSSR count). The van der Waals surface area contributed by atoms with E-state index in [9.17, 15) is 9.59 Å². The Balaban J connectivity index is 3.77. The first-order valence-corrected chi connectivity index (χ1v) is 7.24. The van der Waals surface area contributed by atoms with Crippen LogP contribution in [-0.4, -0.2) is 29.7 Å². The molecule has 0 heterocycles. The Morgan fingerprint density at radius 2 is 1.79 bits per heavy atom. The van der Waals surface area contributed by atoms with E-state index in [1.807, 2.05) is 6.92 Å². The van der Waals surface area contributed by atoms with E-state index in [-0.39, 0.29) is 6.03 Å². The van der Waals surface area contributed by atoms with Crippen molar-refractivity contribution in [2.45, 2.75) is 65.3 Å². The second-order valence-corrected chi connectivity index (χ2v) is 5.32. The summed E-state index contributed by atoms with van der Waals surface area (Å²) in [7, 11) is 0. The number of nitrogens with one attached hydrogen (secondary N) is 2. The first-order chi connectivity index (χ1) is 8.97. The van der Waals surface area contributed by atoms with Gasteiger partial charge in [0.15, 0.2) is 0 Å². The van der Waals surface area contributed by atoms with E-state index in [0.29, 0.717) is 18.9 Å². The molecule has 0 aromatic carbocycles. The number of rotatable bonds is 10. The van der Waals surface area contributed by atoms with Gasteiger partial charge >= 0.3 is 12.0 Å². The Kier molecular flexibility index (Phi) is 9.94. The van der Waals surface area contributed by atoms with Crippen molar-refractivity contribution >= 4 is 12.0 Å². The van der Waals surface area contributed by atoms with Gasteiger partial charge in [0.25, 0.3) is 0 Å². The van der Waals surface area contributed by atoms with Gasteiger partial charge in [0.1, 0.15) is 6.04 Å². The number of hydrogen-bond acceptors (Lipinski definition) is 2. The van der Waals surface area contributed by atoms with Crippen LogP contribution in [0.3, 0.4) is 0 Å². The highest BCUT2D eigenvalue weighted by molar-refractivity contribution is 5.82. The second-order valence-electron chi connectivity index (χ2n) is 5.32. The molecule has 0 spiro atoms. The lowest BCUT2D eigenvalue weighted by Crippen LogP contribution is -2.46. The summed E-state index contributed by atoms with van der Waals surface area (Å²) in [6, 6.07) is -1.16. The minimum absolute atomic E-state index is 0.381. The van der Waals surface area contributed by atoms with E-state index in [1.54, 1.807) is 0 Å². The largest absolute Gasteiger partial charge is 0.480 e. The van der Waals surface area contributed by atoms with Gasteiger partial charge in [-0.2, -0.15) is 0 Å². The van der Waals surface area contributed by atoms with Crippen molar-refractivity contribution in [3.63, 3.8) is 0 Å². The summed E-state index contributed by atoms with van der Waals surface area (Å²) < 4.78 is 0. The molecule has 0 aliphatic rings. The molecule has 0 bridgehead atoms. The van der Waals surface area contributed by atoms with Crippen molar-refractivity contribution in [2.75, 3.05) is 6.54 Å². The van der Waals surface area contributed by atoms with E-state index in [0.717, 1.165) is 32.1 Å². The molecule has 2 amide bonds. The molecule has 0 aliphatic heterocycles. The van der Waals surface area contributed by atoms with Gasteiger partial charge in [-0.15, -0.1) is 0 Å². The molecular weight excluding hydrogens is 244 g/mol. The zero-order valence-corrected chi connectivity index (χ0v) is 12.4. The van der Waals surface area contributed by atoms with E-state index in [4.69, 9.17) is 5.11 Å². The van der Waals surface area contributed by atoms with Crippen molar-refractivity contribution in [3.8, 4) is 0 Å². The Morgan fingerprint density at radius 1 is 1.11 bits per heavy atom. The van der Waals surface area contributed by atoms with Crippen LogP contribution in [0.25, 0.3) is 0 Å². The fourth-order valence-electron chi connectivity index (χ4n) is 1.75. The number of urea groups is 1. The average Bonchev–Trinajstić information content (AvgIpc) is 2.33. The van der Waals surface area contributed by atoms with Gasteiger partial charge in [0.2, 0.25) is 0 Å². The molecule has 0 saturated carbocycles. The quantitative estimate of drug-likeness (QED) is 0.535. The lowest BCUT2D eigenvalue weighted by Gasteiger charge is -2.14. The predicted octanol–water partition coefficient (Wildman–Crippen LogP) is 2.76. The van der Waals surface area contributed by atoms with Gasteiger partial charge in [-0.25, -0.2) is 9.59 Å². The Bertz CT molecular complexity index is 267. The van der Waals surface area contributed by atoms with Gasteiger partial charge in [0, 0.05) is 6.54 Å². The van der Waals surface area contributed by atoms with E-state index >= 15 is 0 Å². The SMILES string of the molecule is CCCC[C@H](NC(=O)NCCCCC(C)C)C(=O)O. The molecule has 5 heteroatoms. The molecule has 0 aromatic rings. The summed E-state index contributed by atoms with van der Waals surface area (Å²) in [4.78, 5) is 22.5. The number of hydrogen-bond donors (Lipinski definition) is 3. The van der Waals surface area contributed by atoms with Crippen LogP contribution < -0.4 is 10.6 Å². The number of amides is 2. The van der Waals surface area contributed by atoms with Gasteiger partial charge in [-0.05, 0) is 18.8 Å². The minimum Gasteiger partial charge on any atom is -0.480 e. The summed E-state index contributed by atoms with van der Waals surface area (Å²) in [5.41, 5.74) is 0. The van der Waals surface area contributed by atoms with E-state index in [2.05, 4.69) is 24.5 Å². The second kappa shape index (κ2) is 10.6. The van der Waals surface area contributed by atoms with Crippen LogP contribution >= 0.6 is 0 Å². The van der Waals surface area contributed by atoms with Crippen molar-refractivity contribution in [1.29, 1.82) is 0 Å². The standard InChI is InChI=1S/C14H28N2O3/c1-4-5-9-12(13(17)18)16-14(19)15-10-7-6-8-11(2)3/h11-12H,4-10H2,1-3H3,(H,17,18)(H2,15,16,19)/t12-/m0/s1. The Labute approximate surface area is 116 Å². The summed E-state index contributed by atoms with van der Waals surface area (Å²) in [5.74, 6) is -0.289. The van der Waals surface area contributed by atoms with Gasteiger partial charge in [0.05, 0.1) is 0 Å². The highest BCUT2D eigenvalue weighted by Crippen LogP contribution is 2.05. The summed E-state index contributed by atoms with van der Waals surface area (Å²) in [6.45, 7) is 6.93. The third kappa shape index (κ3) is 10.4. The van der Waals surface area contributed by atoms with Crippen LogP contribution in [0.15, 0.2) is 0 Å². The monoisotopic (exact) mass is 272 g/mol. The van der Waals surface area contributed by atoms with Crippen LogP contribution in [-0.2, 0) is 4.79 Å². The Hall–Kier alpha value is -1.26. The average molecular weight is 272 g/mol. The fraction of sp³-hybridized carbons (Fsp3) is 0.857. The van der Waals surface area contributed by atoms with Crippen molar-refractivity contribution in [2.24, 2.45) is 5.92 Å². The number of carbonyl (C=O) groups excluding carboxylic acids is 1. The molecule has 112 valence electrons. The maximum Gasteiger partial charge on any atom is 0.326 e.